The molecule has 0 unspecified atom stereocenters. The van der Waals surface area contributed by atoms with E-state index in [1.54, 1.807) is 18.2 Å². The van der Waals surface area contributed by atoms with Gasteiger partial charge in [-0.3, -0.25) is 9.36 Å². The number of amides is 1. The van der Waals surface area contributed by atoms with Crippen LogP contribution in [-0.2, 0) is 17.9 Å². The lowest BCUT2D eigenvalue weighted by Gasteiger charge is -2.09. The van der Waals surface area contributed by atoms with Crippen LogP contribution in [-0.4, -0.2) is 37.7 Å². The number of halogens is 2. The predicted molar refractivity (Wildman–Crippen MR) is 148 cm³/mol. The van der Waals surface area contributed by atoms with Crippen molar-refractivity contribution >= 4 is 66.5 Å². The molecule has 0 radical (unpaired) electrons. The topological polar surface area (TPSA) is 102 Å². The van der Waals surface area contributed by atoms with Crippen LogP contribution in [0.3, 0.4) is 0 Å². The Morgan fingerprint density at radius 2 is 1.89 bits per heavy atom. The molecule has 1 heterocycles. The second kappa shape index (κ2) is 12.2. The van der Waals surface area contributed by atoms with Crippen LogP contribution < -0.4 is 10.2 Å². The van der Waals surface area contributed by atoms with Gasteiger partial charge in [0.05, 0.1) is 20.9 Å². The van der Waals surface area contributed by atoms with E-state index in [-0.39, 0.29) is 24.0 Å². The lowest BCUT2D eigenvalue weighted by molar-refractivity contribution is -0.118. The molecule has 0 aliphatic heterocycles. The molecule has 0 bridgehead atoms. The Morgan fingerprint density at radius 1 is 1.14 bits per heavy atom. The van der Waals surface area contributed by atoms with Crippen LogP contribution in [0.5, 0.6) is 11.5 Å². The lowest BCUT2D eigenvalue weighted by Crippen LogP contribution is -2.20. The first-order valence-corrected chi connectivity index (χ1v) is 13.3. The normalized spacial score (nSPS) is 11.2. The van der Waals surface area contributed by atoms with Gasteiger partial charge in [-0.15, -0.1) is 16.8 Å². The molecule has 11 heteroatoms. The first kappa shape index (κ1) is 25.9. The molecule has 184 valence electrons. The largest absolute Gasteiger partial charge is 0.506 e. The number of aromatic hydroxyl groups is 1. The van der Waals surface area contributed by atoms with E-state index in [2.05, 4.69) is 65.2 Å². The lowest BCUT2D eigenvalue weighted by atomic mass is 10.1. The quantitative estimate of drug-likeness (QED) is 0.101. The van der Waals surface area contributed by atoms with Crippen molar-refractivity contribution in [3.05, 3.63) is 87.6 Å². The van der Waals surface area contributed by atoms with E-state index in [1.165, 1.54) is 18.0 Å². The molecule has 0 atom stereocenters. The second-order valence-electron chi connectivity index (χ2n) is 7.51. The van der Waals surface area contributed by atoms with E-state index in [9.17, 15) is 9.90 Å². The number of rotatable bonds is 10. The number of carbonyl (C=O) groups excluding carboxylic acids is 1. The van der Waals surface area contributed by atoms with Gasteiger partial charge in [0, 0.05) is 6.54 Å². The molecule has 3 aromatic carbocycles. The van der Waals surface area contributed by atoms with Crippen LogP contribution in [0.2, 0.25) is 0 Å². The average molecular weight is 631 g/mol. The summed E-state index contributed by atoms with van der Waals surface area (Å²) in [7, 11) is 0. The molecule has 0 saturated carbocycles. The molecule has 36 heavy (non-hydrogen) atoms. The number of hydrogen-bond donors (Lipinski definition) is 2. The monoisotopic (exact) mass is 629 g/mol. The third-order valence-electron chi connectivity index (χ3n) is 4.97. The van der Waals surface area contributed by atoms with Crippen LogP contribution in [0.1, 0.15) is 11.4 Å². The fourth-order valence-corrected chi connectivity index (χ4v) is 5.23. The van der Waals surface area contributed by atoms with Crippen molar-refractivity contribution in [2.75, 3.05) is 5.75 Å². The Balaban J connectivity index is 1.34. The van der Waals surface area contributed by atoms with Crippen LogP contribution in [0.15, 0.2) is 86.5 Å². The molecule has 0 aliphatic rings. The van der Waals surface area contributed by atoms with Crippen molar-refractivity contribution in [1.82, 2.24) is 20.2 Å². The SMILES string of the molecule is C=CCn1c(COc2ccc3ccccc3c2)nnc1SCC(=O)N/N=C\c1cc(Br)c(O)c(Br)c1. The molecular weight excluding hydrogens is 610 g/mol. The van der Waals surface area contributed by atoms with Gasteiger partial charge in [0.15, 0.2) is 11.0 Å². The fraction of sp³-hybridized carbons (Fsp3) is 0.120. The van der Waals surface area contributed by atoms with Crippen molar-refractivity contribution in [2.24, 2.45) is 5.10 Å². The standard InChI is InChI=1S/C25H21Br2N5O3S/c1-2-9-32-22(14-35-19-8-7-17-5-3-4-6-18(17)12-19)29-31-25(32)36-15-23(33)30-28-13-16-10-20(26)24(34)21(27)11-16/h2-8,10-13,34H,1,9,14-15H2,(H,30,33)/b28-13-. The van der Waals surface area contributed by atoms with E-state index in [4.69, 9.17) is 4.74 Å². The van der Waals surface area contributed by atoms with E-state index in [1.807, 2.05) is 41.0 Å². The molecule has 1 amide bonds. The summed E-state index contributed by atoms with van der Waals surface area (Å²) in [6.45, 7) is 4.52. The number of thioether (sulfide) groups is 1. The van der Waals surface area contributed by atoms with Crippen molar-refractivity contribution in [3.8, 4) is 11.5 Å². The van der Waals surface area contributed by atoms with Crippen LogP contribution >= 0.6 is 43.6 Å². The van der Waals surface area contributed by atoms with Crippen molar-refractivity contribution < 1.29 is 14.6 Å². The molecule has 2 N–H and O–H groups in total. The van der Waals surface area contributed by atoms with Crippen molar-refractivity contribution in [2.45, 2.75) is 18.3 Å². The molecule has 8 nitrogen and oxygen atoms in total. The maximum atomic E-state index is 12.3. The third-order valence-corrected chi connectivity index (χ3v) is 7.14. The summed E-state index contributed by atoms with van der Waals surface area (Å²) in [6, 6.07) is 17.4. The second-order valence-corrected chi connectivity index (χ2v) is 10.2. The number of hydrogen-bond acceptors (Lipinski definition) is 7. The Bertz CT molecular complexity index is 1420. The highest BCUT2D eigenvalue weighted by Gasteiger charge is 2.14. The van der Waals surface area contributed by atoms with Crippen LogP contribution in [0, 0.1) is 0 Å². The first-order valence-electron chi connectivity index (χ1n) is 10.7. The number of benzene rings is 3. The maximum Gasteiger partial charge on any atom is 0.250 e. The predicted octanol–water partition coefficient (Wildman–Crippen LogP) is 5.67. The zero-order chi connectivity index (χ0) is 25.5. The van der Waals surface area contributed by atoms with E-state index >= 15 is 0 Å². The number of allylic oxidation sites excluding steroid dienone is 1. The van der Waals surface area contributed by atoms with Crippen molar-refractivity contribution in [3.63, 3.8) is 0 Å². The van der Waals surface area contributed by atoms with E-state index < -0.39 is 0 Å². The number of carbonyl (C=O) groups is 1. The third kappa shape index (κ3) is 6.54. The van der Waals surface area contributed by atoms with Gasteiger partial charge in [0.1, 0.15) is 18.1 Å². The Hall–Kier alpha value is -3.15. The molecule has 0 fully saturated rings. The van der Waals surface area contributed by atoms with Gasteiger partial charge < -0.3 is 9.84 Å². The zero-order valence-electron chi connectivity index (χ0n) is 18.9. The minimum absolute atomic E-state index is 0.0956. The molecule has 0 saturated heterocycles. The summed E-state index contributed by atoms with van der Waals surface area (Å²) in [4.78, 5) is 12.3. The van der Waals surface area contributed by atoms with E-state index in [0.29, 0.717) is 32.0 Å². The minimum Gasteiger partial charge on any atom is -0.506 e. The number of fused-ring (bicyclic) bond motifs is 1. The highest BCUT2D eigenvalue weighted by atomic mass is 79.9. The maximum absolute atomic E-state index is 12.3. The molecular formula is C25H21Br2N5O3S. The summed E-state index contributed by atoms with van der Waals surface area (Å²) < 4.78 is 8.85. The first-order chi connectivity index (χ1) is 17.4. The van der Waals surface area contributed by atoms with Gasteiger partial charge in [0.2, 0.25) is 0 Å². The van der Waals surface area contributed by atoms with Gasteiger partial charge >= 0.3 is 0 Å². The number of phenols is 1. The van der Waals surface area contributed by atoms with Gasteiger partial charge in [-0.1, -0.05) is 48.2 Å². The highest BCUT2D eigenvalue weighted by molar-refractivity contribution is 9.11. The van der Waals surface area contributed by atoms with Gasteiger partial charge in [-0.2, -0.15) is 5.10 Å². The number of aromatic nitrogens is 3. The molecule has 0 aliphatic carbocycles. The average Bonchev–Trinajstić information content (AvgIpc) is 3.26. The van der Waals surface area contributed by atoms with Crippen molar-refractivity contribution in [1.29, 1.82) is 0 Å². The molecule has 4 rings (SSSR count). The minimum atomic E-state index is -0.296. The van der Waals surface area contributed by atoms with Crippen LogP contribution in [0.4, 0.5) is 0 Å². The molecule has 0 spiro atoms. The number of nitrogens with one attached hydrogen (secondary N) is 1. The summed E-state index contributed by atoms with van der Waals surface area (Å²) in [5, 5.41) is 25.0. The Labute approximate surface area is 228 Å². The zero-order valence-corrected chi connectivity index (χ0v) is 22.9. The van der Waals surface area contributed by atoms with E-state index in [0.717, 1.165) is 16.5 Å². The number of nitrogens with zero attached hydrogens (tertiary/aromatic N) is 4. The Morgan fingerprint density at radius 3 is 2.64 bits per heavy atom. The number of ether oxygens (including phenoxy) is 1. The van der Waals surface area contributed by atoms with Gasteiger partial charge in [0.25, 0.3) is 5.91 Å². The summed E-state index contributed by atoms with van der Waals surface area (Å²) in [6.07, 6.45) is 3.23. The fourth-order valence-electron chi connectivity index (χ4n) is 3.25. The highest BCUT2D eigenvalue weighted by Crippen LogP contribution is 2.32. The smallest absolute Gasteiger partial charge is 0.250 e. The molecule has 4 aromatic rings. The van der Waals surface area contributed by atoms with Crippen LogP contribution in [0.25, 0.3) is 10.8 Å². The molecule has 1 aromatic heterocycles. The number of hydrazone groups is 1. The summed E-state index contributed by atoms with van der Waals surface area (Å²) in [5.74, 6) is 1.27. The Kier molecular flexibility index (Phi) is 8.79. The summed E-state index contributed by atoms with van der Waals surface area (Å²) in [5.41, 5.74) is 3.18. The summed E-state index contributed by atoms with van der Waals surface area (Å²) >= 11 is 7.76. The van der Waals surface area contributed by atoms with Gasteiger partial charge in [-0.05, 0) is 72.5 Å². The number of phenolic OH excluding ortho intramolecular Hbond substituents is 1. The van der Waals surface area contributed by atoms with Gasteiger partial charge in [-0.25, -0.2) is 5.43 Å².